The van der Waals surface area contributed by atoms with E-state index in [4.69, 9.17) is 4.74 Å². The molecule has 0 radical (unpaired) electrons. The third kappa shape index (κ3) is 1.78. The second-order valence-electron chi connectivity index (χ2n) is 2.94. The Hall–Kier alpha value is -0.940. The number of pyridine rings is 1. The molecule has 0 saturated carbocycles. The maximum Gasteiger partial charge on any atom is 0.275 e. The van der Waals surface area contributed by atoms with Crippen molar-refractivity contribution in [3.63, 3.8) is 0 Å². The van der Waals surface area contributed by atoms with Gasteiger partial charge in [-0.3, -0.25) is 4.79 Å². The molecule has 2 heterocycles. The Morgan fingerprint density at radius 1 is 1.64 bits per heavy atom. The van der Waals surface area contributed by atoms with Crippen molar-refractivity contribution in [3.8, 4) is 0 Å². The molecule has 14 heavy (non-hydrogen) atoms. The highest BCUT2D eigenvalue weighted by molar-refractivity contribution is 9.10. The predicted molar refractivity (Wildman–Crippen MR) is 53.8 cm³/mol. The molecule has 0 N–H and O–H groups in total. The number of hydrogen-bond acceptors (Lipinski definition) is 3. The van der Waals surface area contributed by atoms with Crippen molar-refractivity contribution >= 4 is 21.8 Å². The van der Waals surface area contributed by atoms with Gasteiger partial charge in [0.25, 0.3) is 5.91 Å². The van der Waals surface area contributed by atoms with Crippen LogP contribution in [-0.2, 0) is 4.74 Å². The number of halogens is 1. The molecular weight excluding hydrogens is 248 g/mol. The monoisotopic (exact) mass is 256 g/mol. The van der Waals surface area contributed by atoms with E-state index in [-0.39, 0.29) is 5.91 Å². The van der Waals surface area contributed by atoms with Gasteiger partial charge in [0.1, 0.15) is 12.4 Å². The molecule has 1 aliphatic rings. The van der Waals surface area contributed by atoms with Crippen LogP contribution in [0.25, 0.3) is 0 Å². The third-order valence-corrected chi connectivity index (χ3v) is 2.64. The minimum atomic E-state index is -0.0880. The van der Waals surface area contributed by atoms with E-state index in [0.717, 1.165) is 4.47 Å². The molecule has 2 rings (SSSR count). The van der Waals surface area contributed by atoms with Crippen molar-refractivity contribution in [2.45, 2.75) is 0 Å². The van der Waals surface area contributed by atoms with E-state index < -0.39 is 0 Å². The highest BCUT2D eigenvalue weighted by Gasteiger charge is 2.22. The van der Waals surface area contributed by atoms with Gasteiger partial charge in [-0.15, -0.1) is 0 Å². The number of nitrogens with zero attached hydrogens (tertiary/aromatic N) is 2. The zero-order valence-electron chi connectivity index (χ0n) is 7.44. The van der Waals surface area contributed by atoms with Gasteiger partial charge >= 0.3 is 0 Å². The molecule has 0 unspecified atom stereocenters. The number of aromatic nitrogens is 1. The van der Waals surface area contributed by atoms with Crippen LogP contribution in [-0.4, -0.2) is 35.7 Å². The number of carbonyl (C=O) groups excluding carboxylic acids is 1. The number of hydrogen-bond donors (Lipinski definition) is 0. The van der Waals surface area contributed by atoms with Crippen LogP contribution in [0.5, 0.6) is 0 Å². The number of ether oxygens (including phenoxy) is 1. The van der Waals surface area contributed by atoms with Crippen LogP contribution in [0, 0.1) is 0 Å². The van der Waals surface area contributed by atoms with Crippen molar-refractivity contribution in [2.75, 3.05) is 19.9 Å². The number of carbonyl (C=O) groups is 1. The molecule has 0 atom stereocenters. The summed E-state index contributed by atoms with van der Waals surface area (Å²) >= 11 is 3.29. The average Bonchev–Trinajstić information content (AvgIpc) is 2.70. The van der Waals surface area contributed by atoms with Crippen molar-refractivity contribution in [2.24, 2.45) is 0 Å². The van der Waals surface area contributed by atoms with Crippen LogP contribution < -0.4 is 0 Å². The average molecular weight is 257 g/mol. The lowest BCUT2D eigenvalue weighted by atomic mass is 10.3. The number of rotatable bonds is 1. The van der Waals surface area contributed by atoms with Crippen molar-refractivity contribution in [1.82, 2.24) is 9.88 Å². The van der Waals surface area contributed by atoms with Gasteiger partial charge in [0.15, 0.2) is 0 Å². The Bertz CT molecular complexity index is 350. The molecule has 1 aliphatic heterocycles. The summed E-state index contributed by atoms with van der Waals surface area (Å²) in [4.78, 5) is 17.5. The van der Waals surface area contributed by atoms with Gasteiger partial charge in [0, 0.05) is 17.2 Å². The lowest BCUT2D eigenvalue weighted by Gasteiger charge is -2.13. The molecule has 0 bridgehead atoms. The molecule has 1 aromatic rings. The van der Waals surface area contributed by atoms with Gasteiger partial charge in [-0.25, -0.2) is 4.98 Å². The molecular formula is C9H9BrN2O2. The Morgan fingerprint density at radius 2 is 2.50 bits per heavy atom. The molecule has 5 heteroatoms. The largest absolute Gasteiger partial charge is 0.359 e. The van der Waals surface area contributed by atoms with Crippen molar-refractivity contribution < 1.29 is 9.53 Å². The SMILES string of the molecule is O=C(c1ncccc1Br)N1CCOC1. The van der Waals surface area contributed by atoms with Gasteiger partial charge in [-0.1, -0.05) is 0 Å². The standard InChI is InChI=1S/C9H9BrN2O2/c10-7-2-1-3-11-8(7)9(13)12-4-5-14-6-12/h1-3H,4-6H2. The first kappa shape index (κ1) is 9.61. The van der Waals surface area contributed by atoms with Gasteiger partial charge in [-0.2, -0.15) is 0 Å². The first-order chi connectivity index (χ1) is 6.79. The summed E-state index contributed by atoms with van der Waals surface area (Å²) in [5, 5.41) is 0. The molecule has 1 fully saturated rings. The van der Waals surface area contributed by atoms with Crippen LogP contribution in [0.15, 0.2) is 22.8 Å². The van der Waals surface area contributed by atoms with Gasteiger partial charge in [-0.05, 0) is 28.1 Å². The lowest BCUT2D eigenvalue weighted by Crippen LogP contribution is -2.29. The van der Waals surface area contributed by atoms with Crippen LogP contribution in [0.1, 0.15) is 10.5 Å². The zero-order valence-corrected chi connectivity index (χ0v) is 9.03. The summed E-state index contributed by atoms with van der Waals surface area (Å²) < 4.78 is 5.82. The maximum atomic E-state index is 11.8. The van der Waals surface area contributed by atoms with E-state index in [0.29, 0.717) is 25.6 Å². The van der Waals surface area contributed by atoms with E-state index >= 15 is 0 Å². The Balaban J connectivity index is 2.22. The maximum absolute atomic E-state index is 11.8. The molecule has 74 valence electrons. The minimum absolute atomic E-state index is 0.0880. The molecule has 0 aliphatic carbocycles. The molecule has 4 nitrogen and oxygen atoms in total. The van der Waals surface area contributed by atoms with Crippen LogP contribution in [0.2, 0.25) is 0 Å². The first-order valence-corrected chi connectivity index (χ1v) is 5.06. The number of amides is 1. The topological polar surface area (TPSA) is 42.4 Å². The molecule has 0 aromatic carbocycles. The quantitative estimate of drug-likeness (QED) is 0.760. The van der Waals surface area contributed by atoms with Crippen molar-refractivity contribution in [1.29, 1.82) is 0 Å². The Labute approximate surface area is 90.0 Å². The summed E-state index contributed by atoms with van der Waals surface area (Å²) in [5.74, 6) is -0.0880. The van der Waals surface area contributed by atoms with Gasteiger partial charge in [0.2, 0.25) is 0 Å². The fraction of sp³-hybridized carbons (Fsp3) is 0.333. The van der Waals surface area contributed by atoms with E-state index in [1.807, 2.05) is 0 Å². The normalized spacial score (nSPS) is 15.9. The van der Waals surface area contributed by atoms with E-state index in [1.54, 1.807) is 23.2 Å². The summed E-state index contributed by atoms with van der Waals surface area (Å²) in [7, 11) is 0. The van der Waals surface area contributed by atoms with Crippen molar-refractivity contribution in [3.05, 3.63) is 28.5 Å². The second kappa shape index (κ2) is 4.06. The molecule has 1 saturated heterocycles. The summed E-state index contributed by atoms with van der Waals surface area (Å²) in [6.07, 6.45) is 1.61. The highest BCUT2D eigenvalue weighted by Crippen LogP contribution is 2.16. The van der Waals surface area contributed by atoms with Gasteiger partial charge < -0.3 is 9.64 Å². The second-order valence-corrected chi connectivity index (χ2v) is 3.79. The molecule has 1 aromatic heterocycles. The lowest BCUT2D eigenvalue weighted by molar-refractivity contribution is 0.0688. The summed E-state index contributed by atoms with van der Waals surface area (Å²) in [6, 6.07) is 3.58. The zero-order chi connectivity index (χ0) is 9.97. The predicted octanol–water partition coefficient (Wildman–Crippen LogP) is 1.27. The fourth-order valence-electron chi connectivity index (χ4n) is 1.27. The van der Waals surface area contributed by atoms with Crippen LogP contribution in [0.3, 0.4) is 0 Å². The molecule has 0 spiro atoms. The van der Waals surface area contributed by atoms with E-state index in [1.165, 1.54) is 0 Å². The highest BCUT2D eigenvalue weighted by atomic mass is 79.9. The Morgan fingerprint density at radius 3 is 3.14 bits per heavy atom. The minimum Gasteiger partial charge on any atom is -0.359 e. The summed E-state index contributed by atoms with van der Waals surface area (Å²) in [6.45, 7) is 1.61. The first-order valence-electron chi connectivity index (χ1n) is 4.26. The fourth-order valence-corrected chi connectivity index (χ4v) is 1.69. The third-order valence-electron chi connectivity index (χ3n) is 2.00. The van der Waals surface area contributed by atoms with E-state index in [2.05, 4.69) is 20.9 Å². The molecule has 1 amide bonds. The van der Waals surface area contributed by atoms with E-state index in [9.17, 15) is 4.79 Å². The smallest absolute Gasteiger partial charge is 0.275 e. The van der Waals surface area contributed by atoms with Crippen LogP contribution >= 0.6 is 15.9 Å². The Kier molecular flexibility index (Phi) is 2.79. The summed E-state index contributed by atoms with van der Waals surface area (Å²) in [5.41, 5.74) is 0.443. The van der Waals surface area contributed by atoms with Crippen LogP contribution in [0.4, 0.5) is 0 Å². The van der Waals surface area contributed by atoms with Gasteiger partial charge in [0.05, 0.1) is 6.61 Å².